The molecule has 0 amide bonds. The van der Waals surface area contributed by atoms with E-state index < -0.39 is 17.7 Å². The molecule has 1 aliphatic heterocycles. The monoisotopic (exact) mass is 344 g/mol. The normalized spacial score (nSPS) is 18.5. The zero-order chi connectivity index (χ0) is 17.9. The summed E-state index contributed by atoms with van der Waals surface area (Å²) in [6.45, 7) is 3.94. The molecule has 0 atom stereocenters. The average Bonchev–Trinajstić information content (AvgIpc) is 3.04. The average molecular weight is 344 g/mol. The Morgan fingerprint density at radius 2 is 1.84 bits per heavy atom. The summed E-state index contributed by atoms with van der Waals surface area (Å²) in [5.41, 5.74) is 0.480. The third-order valence-corrected chi connectivity index (χ3v) is 4.22. The topological polar surface area (TPSA) is 71.1 Å². The van der Waals surface area contributed by atoms with Crippen LogP contribution < -0.4 is 9.47 Å². The van der Waals surface area contributed by atoms with Gasteiger partial charge in [0, 0.05) is 12.8 Å². The minimum absolute atomic E-state index is 0.126. The molecule has 1 aromatic rings. The summed E-state index contributed by atoms with van der Waals surface area (Å²) in [4.78, 5) is 24.5. The van der Waals surface area contributed by atoms with Crippen LogP contribution >= 0.6 is 0 Å². The molecular weight excluding hydrogens is 324 g/mol. The molecule has 3 rings (SSSR count). The van der Waals surface area contributed by atoms with Gasteiger partial charge in [-0.15, -0.1) is 0 Å². The maximum atomic E-state index is 12.3. The lowest BCUT2D eigenvalue weighted by Crippen LogP contribution is -2.44. The molecule has 0 bridgehead atoms. The highest BCUT2D eigenvalue weighted by molar-refractivity contribution is 6.18. The van der Waals surface area contributed by atoms with Gasteiger partial charge in [-0.2, -0.15) is 0 Å². The van der Waals surface area contributed by atoms with Crippen LogP contribution in [0.5, 0.6) is 11.5 Å². The Bertz CT molecular complexity index is 705. The number of carbonyl (C=O) groups excluding carboxylic acids is 2. The van der Waals surface area contributed by atoms with Crippen LogP contribution in [0.4, 0.5) is 0 Å². The van der Waals surface area contributed by atoms with Gasteiger partial charge in [0.2, 0.25) is 0 Å². The summed E-state index contributed by atoms with van der Waals surface area (Å²) in [7, 11) is 1.51. The highest BCUT2D eigenvalue weighted by Crippen LogP contribution is 2.39. The second kappa shape index (κ2) is 7.01. The van der Waals surface area contributed by atoms with E-state index in [4.69, 9.17) is 18.9 Å². The van der Waals surface area contributed by atoms with Crippen molar-refractivity contribution in [3.63, 3.8) is 0 Å². The van der Waals surface area contributed by atoms with Gasteiger partial charge in [0.05, 0.1) is 7.11 Å². The molecule has 132 valence electrons. The van der Waals surface area contributed by atoms with Crippen molar-refractivity contribution in [1.29, 1.82) is 0 Å². The van der Waals surface area contributed by atoms with Crippen molar-refractivity contribution in [3.05, 3.63) is 42.0 Å². The lowest BCUT2D eigenvalue weighted by molar-refractivity contribution is -0.232. The standard InChI is InChI=1S/C19H20O6/c1-3-10-23-15-7-6-13(12-16(15)22-2)11-14-17(20)24-19(25-18(14)21)8-4-5-9-19/h3,6-7,11-12H,1,4-5,8-10H2,2H3. The van der Waals surface area contributed by atoms with Gasteiger partial charge >= 0.3 is 11.9 Å². The van der Waals surface area contributed by atoms with Crippen molar-refractivity contribution in [3.8, 4) is 11.5 Å². The molecule has 2 fully saturated rings. The molecule has 6 nitrogen and oxygen atoms in total. The van der Waals surface area contributed by atoms with Crippen LogP contribution in [-0.2, 0) is 19.1 Å². The number of carbonyl (C=O) groups is 2. The third-order valence-electron chi connectivity index (χ3n) is 4.22. The molecule has 1 heterocycles. The van der Waals surface area contributed by atoms with E-state index in [0.29, 0.717) is 36.5 Å². The highest BCUT2D eigenvalue weighted by Gasteiger charge is 2.47. The Morgan fingerprint density at radius 1 is 1.16 bits per heavy atom. The Hall–Kier alpha value is -2.76. The van der Waals surface area contributed by atoms with Crippen LogP contribution in [0.2, 0.25) is 0 Å². The van der Waals surface area contributed by atoms with E-state index in [1.54, 1.807) is 24.3 Å². The molecule has 0 N–H and O–H groups in total. The quantitative estimate of drug-likeness (QED) is 0.354. The summed E-state index contributed by atoms with van der Waals surface area (Å²) in [5.74, 6) is -1.33. The third kappa shape index (κ3) is 3.52. The van der Waals surface area contributed by atoms with Gasteiger partial charge < -0.3 is 18.9 Å². The van der Waals surface area contributed by atoms with Crippen molar-refractivity contribution < 1.29 is 28.5 Å². The van der Waals surface area contributed by atoms with Gasteiger partial charge in [-0.1, -0.05) is 18.7 Å². The highest BCUT2D eigenvalue weighted by atomic mass is 16.7. The van der Waals surface area contributed by atoms with E-state index in [1.165, 1.54) is 13.2 Å². The van der Waals surface area contributed by atoms with Gasteiger partial charge in [0.15, 0.2) is 11.5 Å². The molecule has 1 aromatic carbocycles. The van der Waals surface area contributed by atoms with Crippen LogP contribution in [0, 0.1) is 0 Å². The molecule has 1 aliphatic carbocycles. The number of methoxy groups -OCH3 is 1. The minimum atomic E-state index is -1.06. The van der Waals surface area contributed by atoms with Crippen LogP contribution in [0.3, 0.4) is 0 Å². The summed E-state index contributed by atoms with van der Waals surface area (Å²) in [6, 6.07) is 5.09. The first-order chi connectivity index (χ1) is 12.1. The molecule has 1 spiro atoms. The van der Waals surface area contributed by atoms with Gasteiger partial charge in [0.1, 0.15) is 12.2 Å². The maximum absolute atomic E-state index is 12.3. The van der Waals surface area contributed by atoms with Gasteiger partial charge in [0.25, 0.3) is 5.79 Å². The van der Waals surface area contributed by atoms with Crippen molar-refractivity contribution in [2.24, 2.45) is 0 Å². The Kier molecular flexibility index (Phi) is 4.79. The summed E-state index contributed by atoms with van der Waals surface area (Å²) in [6.07, 6.45) is 5.93. The Morgan fingerprint density at radius 3 is 2.44 bits per heavy atom. The van der Waals surface area contributed by atoms with E-state index in [2.05, 4.69) is 6.58 Å². The van der Waals surface area contributed by atoms with E-state index >= 15 is 0 Å². The smallest absolute Gasteiger partial charge is 0.348 e. The molecule has 1 saturated heterocycles. The zero-order valence-electron chi connectivity index (χ0n) is 14.1. The maximum Gasteiger partial charge on any atom is 0.348 e. The van der Waals surface area contributed by atoms with Crippen molar-refractivity contribution >= 4 is 18.0 Å². The second-order valence-corrected chi connectivity index (χ2v) is 5.96. The largest absolute Gasteiger partial charge is 0.493 e. The molecule has 0 aromatic heterocycles. The zero-order valence-corrected chi connectivity index (χ0v) is 14.1. The van der Waals surface area contributed by atoms with Crippen LogP contribution in [0.15, 0.2) is 36.4 Å². The number of esters is 2. The predicted octanol–water partition coefficient (Wildman–Crippen LogP) is 3.01. The molecule has 1 saturated carbocycles. The molecule has 0 unspecified atom stereocenters. The lowest BCUT2D eigenvalue weighted by atomic mass is 10.1. The number of rotatable bonds is 5. The van der Waals surface area contributed by atoms with E-state index in [-0.39, 0.29) is 5.57 Å². The van der Waals surface area contributed by atoms with Crippen molar-refractivity contribution in [1.82, 2.24) is 0 Å². The number of benzene rings is 1. The van der Waals surface area contributed by atoms with Crippen molar-refractivity contribution in [2.45, 2.75) is 31.5 Å². The first-order valence-corrected chi connectivity index (χ1v) is 8.17. The van der Waals surface area contributed by atoms with Gasteiger partial charge in [-0.3, -0.25) is 0 Å². The number of hydrogen-bond acceptors (Lipinski definition) is 6. The SMILES string of the molecule is C=CCOc1ccc(C=C2C(=O)OC3(CCCC3)OC2=O)cc1OC. The first kappa shape index (κ1) is 17.1. The Balaban J connectivity index is 1.83. The molecule has 0 radical (unpaired) electrons. The fourth-order valence-electron chi connectivity index (χ4n) is 3.00. The van der Waals surface area contributed by atoms with E-state index in [9.17, 15) is 9.59 Å². The van der Waals surface area contributed by atoms with Gasteiger partial charge in [-0.05, 0) is 36.6 Å². The van der Waals surface area contributed by atoms with Crippen molar-refractivity contribution in [2.75, 3.05) is 13.7 Å². The molecule has 25 heavy (non-hydrogen) atoms. The summed E-state index contributed by atoms with van der Waals surface area (Å²) >= 11 is 0. The number of ether oxygens (including phenoxy) is 4. The predicted molar refractivity (Wildman–Crippen MR) is 90.0 cm³/mol. The minimum Gasteiger partial charge on any atom is -0.493 e. The molecular formula is C19H20O6. The molecule has 2 aliphatic rings. The second-order valence-electron chi connectivity index (χ2n) is 5.96. The first-order valence-electron chi connectivity index (χ1n) is 8.17. The fraction of sp³-hybridized carbons (Fsp3) is 0.368. The lowest BCUT2D eigenvalue weighted by Gasteiger charge is -2.32. The van der Waals surface area contributed by atoms with Crippen LogP contribution in [0.1, 0.15) is 31.2 Å². The fourth-order valence-corrected chi connectivity index (χ4v) is 3.00. The van der Waals surface area contributed by atoms with Crippen LogP contribution in [0.25, 0.3) is 6.08 Å². The number of hydrogen-bond donors (Lipinski definition) is 0. The Labute approximate surface area is 146 Å². The molecule has 6 heteroatoms. The van der Waals surface area contributed by atoms with Gasteiger partial charge in [-0.25, -0.2) is 9.59 Å². The van der Waals surface area contributed by atoms with E-state index in [0.717, 1.165) is 12.8 Å². The van der Waals surface area contributed by atoms with Crippen LogP contribution in [-0.4, -0.2) is 31.4 Å². The summed E-state index contributed by atoms with van der Waals surface area (Å²) in [5, 5.41) is 0. The van der Waals surface area contributed by atoms with E-state index in [1.807, 2.05) is 0 Å². The summed E-state index contributed by atoms with van der Waals surface area (Å²) < 4.78 is 21.6.